The molecule has 0 spiro atoms. The number of hydrogen-bond donors (Lipinski definition) is 1. The minimum absolute atomic E-state index is 0.0837. The van der Waals surface area contributed by atoms with Crippen LogP contribution in [0.4, 0.5) is 5.13 Å². The lowest BCUT2D eigenvalue weighted by Crippen LogP contribution is -2.39. The van der Waals surface area contributed by atoms with Crippen LogP contribution in [0.15, 0.2) is 5.38 Å². The molecule has 3 rings (SSSR count). The Labute approximate surface area is 143 Å². The van der Waals surface area contributed by atoms with Gasteiger partial charge in [0, 0.05) is 30.8 Å². The van der Waals surface area contributed by atoms with Crippen molar-refractivity contribution in [3.05, 3.63) is 22.7 Å². The van der Waals surface area contributed by atoms with Gasteiger partial charge in [-0.1, -0.05) is 20.8 Å². The lowest BCUT2D eigenvalue weighted by atomic mass is 9.95. The molecule has 1 aliphatic heterocycles. The fraction of sp³-hybridized carbons (Fsp3) is 0.533. The van der Waals surface area contributed by atoms with Crippen LogP contribution >= 0.6 is 11.3 Å². The molecule has 0 aromatic carbocycles. The summed E-state index contributed by atoms with van der Waals surface area (Å²) in [4.78, 5) is 29.6. The van der Waals surface area contributed by atoms with Crippen LogP contribution in [-0.2, 0) is 23.3 Å². The van der Waals surface area contributed by atoms with Gasteiger partial charge in [-0.25, -0.2) is 4.98 Å². The van der Waals surface area contributed by atoms with Crippen LogP contribution in [0.5, 0.6) is 0 Å². The van der Waals surface area contributed by atoms with E-state index in [-0.39, 0.29) is 17.2 Å². The third-order valence-corrected chi connectivity index (χ3v) is 4.48. The topological polar surface area (TPSA) is 93.0 Å². The molecule has 0 saturated carbocycles. The number of nitrogens with one attached hydrogen (secondary N) is 1. The SMILES string of the molecule is CC(=O)Nc1nc(C(=O)N2CCn3c(nnc3C(C)(C)C)C2)cs1. The standard InChI is InChI=1S/C15H20N6O2S/c1-9(22)16-14-17-10(8-24-14)12(23)20-5-6-21-11(7-20)18-19-13(21)15(2,3)4/h8H,5-7H2,1-4H3,(H,16,17,22). The molecular weight excluding hydrogens is 328 g/mol. The molecule has 0 atom stereocenters. The van der Waals surface area contributed by atoms with E-state index in [0.717, 1.165) is 11.6 Å². The molecule has 2 aromatic rings. The monoisotopic (exact) mass is 348 g/mol. The maximum Gasteiger partial charge on any atom is 0.273 e. The van der Waals surface area contributed by atoms with Crippen molar-refractivity contribution in [3.8, 4) is 0 Å². The van der Waals surface area contributed by atoms with Gasteiger partial charge < -0.3 is 14.8 Å². The number of fused-ring (bicyclic) bond motifs is 1. The number of carbonyl (C=O) groups is 2. The Morgan fingerprint density at radius 1 is 1.25 bits per heavy atom. The second-order valence-corrected chi connectivity index (χ2v) is 7.65. The smallest absolute Gasteiger partial charge is 0.273 e. The van der Waals surface area contributed by atoms with Crippen molar-refractivity contribution in [2.45, 2.75) is 46.2 Å². The molecule has 0 bridgehead atoms. The maximum atomic E-state index is 12.6. The van der Waals surface area contributed by atoms with Gasteiger partial charge in [-0.15, -0.1) is 21.5 Å². The summed E-state index contributed by atoms with van der Waals surface area (Å²) in [7, 11) is 0. The van der Waals surface area contributed by atoms with Crippen LogP contribution in [0, 0.1) is 0 Å². The van der Waals surface area contributed by atoms with Gasteiger partial charge >= 0.3 is 0 Å². The first-order chi connectivity index (χ1) is 11.3. The van der Waals surface area contributed by atoms with Crippen molar-refractivity contribution in [1.29, 1.82) is 0 Å². The first-order valence-corrected chi connectivity index (χ1v) is 8.58. The van der Waals surface area contributed by atoms with Crippen LogP contribution in [0.25, 0.3) is 0 Å². The third kappa shape index (κ3) is 3.16. The predicted octanol–water partition coefficient (Wildman–Crippen LogP) is 1.65. The summed E-state index contributed by atoms with van der Waals surface area (Å²) in [5.41, 5.74) is 0.257. The van der Waals surface area contributed by atoms with Gasteiger partial charge in [0.15, 0.2) is 11.0 Å². The summed E-state index contributed by atoms with van der Waals surface area (Å²) < 4.78 is 2.09. The number of carbonyl (C=O) groups excluding carboxylic acids is 2. The number of thiazole rings is 1. The molecule has 3 heterocycles. The van der Waals surface area contributed by atoms with Gasteiger partial charge in [-0.05, 0) is 0 Å². The van der Waals surface area contributed by atoms with Crippen LogP contribution in [-0.4, -0.2) is 43.0 Å². The van der Waals surface area contributed by atoms with Crippen molar-refractivity contribution >= 4 is 28.3 Å². The van der Waals surface area contributed by atoms with Crippen molar-refractivity contribution in [2.24, 2.45) is 0 Å². The highest BCUT2D eigenvalue weighted by Gasteiger charge is 2.30. The van der Waals surface area contributed by atoms with E-state index in [1.807, 2.05) is 0 Å². The zero-order valence-corrected chi connectivity index (χ0v) is 15.0. The van der Waals surface area contributed by atoms with Gasteiger partial charge in [0.05, 0.1) is 6.54 Å². The first-order valence-electron chi connectivity index (χ1n) is 7.70. The molecule has 0 unspecified atom stereocenters. The number of aromatic nitrogens is 4. The van der Waals surface area contributed by atoms with Gasteiger partial charge in [0.1, 0.15) is 11.5 Å². The molecule has 0 fully saturated rings. The summed E-state index contributed by atoms with van der Waals surface area (Å²) in [6, 6.07) is 0. The normalized spacial score (nSPS) is 14.4. The van der Waals surface area contributed by atoms with E-state index in [9.17, 15) is 9.59 Å². The number of hydrogen-bond acceptors (Lipinski definition) is 6. The van der Waals surface area contributed by atoms with Gasteiger partial charge in [-0.2, -0.15) is 0 Å². The van der Waals surface area contributed by atoms with Crippen molar-refractivity contribution < 1.29 is 9.59 Å². The minimum Gasteiger partial charge on any atom is -0.328 e. The van der Waals surface area contributed by atoms with Gasteiger partial charge in [-0.3, -0.25) is 9.59 Å². The van der Waals surface area contributed by atoms with Crippen molar-refractivity contribution in [2.75, 3.05) is 11.9 Å². The summed E-state index contributed by atoms with van der Waals surface area (Å²) in [5.74, 6) is 1.36. The average molecular weight is 348 g/mol. The molecule has 8 nitrogen and oxygen atoms in total. The second kappa shape index (κ2) is 5.97. The minimum atomic E-state index is -0.205. The van der Waals surface area contributed by atoms with Crippen LogP contribution in [0.3, 0.4) is 0 Å². The highest BCUT2D eigenvalue weighted by molar-refractivity contribution is 7.14. The Morgan fingerprint density at radius 3 is 2.67 bits per heavy atom. The largest absolute Gasteiger partial charge is 0.328 e. The summed E-state index contributed by atoms with van der Waals surface area (Å²) in [6.45, 7) is 9.37. The Hall–Kier alpha value is -2.29. The molecule has 9 heteroatoms. The average Bonchev–Trinajstić information content (AvgIpc) is 3.10. The molecule has 0 radical (unpaired) electrons. The summed E-state index contributed by atoms with van der Waals surface area (Å²) in [5, 5.41) is 13.2. The Balaban J connectivity index is 1.76. The molecule has 128 valence electrons. The highest BCUT2D eigenvalue weighted by atomic mass is 32.1. The fourth-order valence-electron chi connectivity index (χ4n) is 2.63. The van der Waals surface area contributed by atoms with E-state index >= 15 is 0 Å². The van der Waals surface area contributed by atoms with Gasteiger partial charge in [0.2, 0.25) is 5.91 Å². The zero-order chi connectivity index (χ0) is 17.5. The van der Waals surface area contributed by atoms with Crippen LogP contribution in [0.2, 0.25) is 0 Å². The number of anilines is 1. The number of rotatable bonds is 2. The Morgan fingerprint density at radius 2 is 2.00 bits per heavy atom. The maximum absolute atomic E-state index is 12.6. The molecule has 24 heavy (non-hydrogen) atoms. The zero-order valence-electron chi connectivity index (χ0n) is 14.2. The number of nitrogens with zero attached hydrogens (tertiary/aromatic N) is 5. The highest BCUT2D eigenvalue weighted by Crippen LogP contribution is 2.24. The van der Waals surface area contributed by atoms with Crippen LogP contribution < -0.4 is 5.32 Å². The molecular formula is C15H20N6O2S. The van der Waals surface area contributed by atoms with Crippen molar-refractivity contribution in [3.63, 3.8) is 0 Å². The molecule has 2 aromatic heterocycles. The lowest BCUT2D eigenvalue weighted by Gasteiger charge is -2.29. The first kappa shape index (κ1) is 16.6. The van der Waals surface area contributed by atoms with E-state index in [2.05, 4.69) is 45.8 Å². The fourth-order valence-corrected chi connectivity index (χ4v) is 3.36. The molecule has 1 N–H and O–H groups in total. The third-order valence-electron chi connectivity index (χ3n) is 3.72. The summed E-state index contributed by atoms with van der Waals surface area (Å²) in [6.07, 6.45) is 0. The molecule has 2 amide bonds. The van der Waals surface area contributed by atoms with E-state index in [4.69, 9.17) is 0 Å². The Kier molecular flexibility index (Phi) is 4.12. The quantitative estimate of drug-likeness (QED) is 0.891. The molecule has 0 saturated heterocycles. The molecule has 1 aliphatic rings. The molecule has 0 aliphatic carbocycles. The van der Waals surface area contributed by atoms with E-state index in [1.54, 1.807) is 10.3 Å². The van der Waals surface area contributed by atoms with Crippen LogP contribution in [0.1, 0.15) is 49.8 Å². The summed E-state index contributed by atoms with van der Waals surface area (Å²) >= 11 is 1.24. The van der Waals surface area contributed by atoms with Crippen molar-refractivity contribution in [1.82, 2.24) is 24.6 Å². The van der Waals surface area contributed by atoms with E-state index in [0.29, 0.717) is 30.5 Å². The number of amides is 2. The second-order valence-electron chi connectivity index (χ2n) is 6.79. The van der Waals surface area contributed by atoms with E-state index < -0.39 is 0 Å². The predicted molar refractivity (Wildman–Crippen MR) is 89.9 cm³/mol. The lowest BCUT2D eigenvalue weighted by molar-refractivity contribution is -0.114. The van der Waals surface area contributed by atoms with E-state index in [1.165, 1.54) is 18.3 Å². The Bertz CT molecular complexity index is 788. The van der Waals surface area contributed by atoms with Gasteiger partial charge in [0.25, 0.3) is 5.91 Å².